The smallest absolute Gasteiger partial charge is 0.326 e. The summed E-state index contributed by atoms with van der Waals surface area (Å²) in [5.74, 6) is -13.6. The maximum atomic E-state index is 14.8. The molecule has 0 saturated carbocycles. The SMILES string of the molecule is COC1/C=C/OC2(C)Oc3c(C)c(O)c4c(c3C2=O)C(=O)C(SCCC(=O)NCC(=O)N[C@@H](Cc2ccc(O)cc2)C(=O)O)=C(NC(=O)/C(C)=C\C=C\C(C)C(O)C(C)C(O)C(C)C(OC(C)=O)C1C)C4=O. The number of aliphatic hydroxyl groups is 2. The van der Waals surface area contributed by atoms with Crippen LogP contribution in [0.4, 0.5) is 0 Å². The Morgan fingerprint density at radius 3 is 2.18 bits per heavy atom. The Morgan fingerprint density at radius 2 is 1.56 bits per heavy atom. The molecule has 2 aromatic rings. The molecule has 21 heteroatoms. The minimum atomic E-state index is -2.20. The summed E-state index contributed by atoms with van der Waals surface area (Å²) in [6, 6.07) is 4.34. The van der Waals surface area contributed by atoms with E-state index in [0.717, 1.165) is 6.26 Å². The first-order chi connectivity index (χ1) is 33.8. The molecule has 72 heavy (non-hydrogen) atoms. The van der Waals surface area contributed by atoms with Gasteiger partial charge in [-0.25, -0.2) is 4.79 Å². The third-order valence-electron chi connectivity index (χ3n) is 12.9. The van der Waals surface area contributed by atoms with Crippen LogP contribution in [0.25, 0.3) is 0 Å². The number of carboxylic acids is 1. The Bertz CT molecular complexity index is 2620. The maximum absolute atomic E-state index is 14.8. The van der Waals surface area contributed by atoms with E-state index in [0.29, 0.717) is 17.3 Å². The second-order valence-corrected chi connectivity index (χ2v) is 19.3. The highest BCUT2D eigenvalue weighted by atomic mass is 32.2. The van der Waals surface area contributed by atoms with Crippen molar-refractivity contribution < 1.29 is 82.8 Å². The first kappa shape index (κ1) is 56.1. The van der Waals surface area contributed by atoms with Crippen molar-refractivity contribution in [2.45, 2.75) is 104 Å². The number of hydrogen-bond acceptors (Lipinski definition) is 17. The van der Waals surface area contributed by atoms with Gasteiger partial charge < -0.3 is 60.4 Å². The number of phenols is 2. The molecule has 2 aromatic carbocycles. The number of benzene rings is 2. The lowest BCUT2D eigenvalue weighted by Gasteiger charge is -2.38. The van der Waals surface area contributed by atoms with Gasteiger partial charge in [0.2, 0.25) is 23.4 Å². The molecule has 3 heterocycles. The van der Waals surface area contributed by atoms with E-state index in [1.165, 1.54) is 77.3 Å². The summed E-state index contributed by atoms with van der Waals surface area (Å²) >= 11 is 0.667. The number of fused-ring (bicyclic) bond motifs is 14. The highest BCUT2D eigenvalue weighted by Crippen LogP contribution is 2.49. The molecule has 10 atom stereocenters. The van der Waals surface area contributed by atoms with E-state index >= 15 is 0 Å². The van der Waals surface area contributed by atoms with Crippen molar-refractivity contribution in [3.8, 4) is 17.2 Å². The molecule has 6 rings (SSSR count). The zero-order chi connectivity index (χ0) is 53.5. The van der Waals surface area contributed by atoms with E-state index in [9.17, 15) is 63.9 Å². The monoisotopic (exact) mass is 1020 g/mol. The predicted molar refractivity (Wildman–Crippen MR) is 260 cm³/mol. The number of carbonyl (C=O) groups excluding carboxylic acids is 7. The van der Waals surface area contributed by atoms with Gasteiger partial charge in [-0.1, -0.05) is 58.1 Å². The van der Waals surface area contributed by atoms with Crippen molar-refractivity contribution in [3.63, 3.8) is 0 Å². The van der Waals surface area contributed by atoms with Crippen LogP contribution in [0.5, 0.6) is 17.2 Å². The van der Waals surface area contributed by atoms with Crippen LogP contribution in [-0.2, 0) is 44.6 Å². The van der Waals surface area contributed by atoms with Gasteiger partial charge in [0, 0.05) is 74.4 Å². The standard InChI is InChI=1S/C51H61N3O17S/c1-23-11-10-12-24(2)49(65)54-39-43(62)37-36(44(63)47(39)72-20-18-34(57)52-22-35(58)53-32(50(66)67)21-30-13-15-31(56)16-14-30)38-46(28(6)42(37)61)71-51(8,48(38)64)69-19-17-33(68-9)25(3)45(70-29(7)55)27(5)41(60)26(4)40(23)59/h10-17,19,23,25-27,32-33,40-41,45,56,59-61H,18,20-22H2,1-9H3,(H,52,57)(H,53,58)(H,54,65)(H,66,67)/b11-10+,19-17+,24-12-/t23?,25?,26?,27?,32-,33?,40?,41?,45?,51?/m0/s1. The molecule has 9 unspecified atom stereocenters. The van der Waals surface area contributed by atoms with E-state index in [-0.39, 0.29) is 41.2 Å². The van der Waals surface area contributed by atoms with E-state index in [2.05, 4.69) is 16.0 Å². The third kappa shape index (κ3) is 12.4. The van der Waals surface area contributed by atoms with Gasteiger partial charge in [-0.2, -0.15) is 0 Å². The largest absolute Gasteiger partial charge is 0.508 e. The van der Waals surface area contributed by atoms with Crippen molar-refractivity contribution >= 4 is 58.8 Å². The fraction of sp³-hybridized carbons (Fsp3) is 0.451. The lowest BCUT2D eigenvalue weighted by atomic mass is 9.78. The number of amides is 3. The van der Waals surface area contributed by atoms with Crippen molar-refractivity contribution in [3.05, 3.63) is 98.8 Å². The second-order valence-electron chi connectivity index (χ2n) is 18.2. The molecule has 3 aliphatic heterocycles. The fourth-order valence-electron chi connectivity index (χ4n) is 8.63. The number of ketones is 3. The van der Waals surface area contributed by atoms with Gasteiger partial charge in [0.15, 0.2) is 0 Å². The summed E-state index contributed by atoms with van der Waals surface area (Å²) in [6.45, 7) is 11.3. The zero-order valence-corrected chi connectivity index (χ0v) is 42.1. The number of aliphatic hydroxyl groups excluding tert-OH is 2. The van der Waals surface area contributed by atoms with Gasteiger partial charge in [0.25, 0.3) is 11.7 Å². The first-order valence-electron chi connectivity index (χ1n) is 23.1. The number of hydrogen-bond donors (Lipinski definition) is 8. The molecule has 4 aliphatic rings. The molecule has 388 valence electrons. The molecule has 0 aromatic heterocycles. The Balaban J connectivity index is 1.49. The summed E-state index contributed by atoms with van der Waals surface area (Å²) in [4.78, 5) is 107. The summed E-state index contributed by atoms with van der Waals surface area (Å²) in [5.41, 5.74) is -1.70. The van der Waals surface area contributed by atoms with Gasteiger partial charge in [-0.05, 0) is 37.6 Å². The van der Waals surface area contributed by atoms with Crippen molar-refractivity contribution in [2.75, 3.05) is 19.4 Å². The van der Waals surface area contributed by atoms with Gasteiger partial charge >= 0.3 is 17.7 Å². The molecule has 1 aliphatic carbocycles. The number of rotatable bonds is 12. The van der Waals surface area contributed by atoms with Crippen molar-refractivity contribution in [1.29, 1.82) is 0 Å². The maximum Gasteiger partial charge on any atom is 0.326 e. The van der Waals surface area contributed by atoms with Crippen LogP contribution in [0.15, 0.2) is 71.0 Å². The summed E-state index contributed by atoms with van der Waals surface area (Å²) in [7, 11) is 1.38. The van der Waals surface area contributed by atoms with Crippen LogP contribution in [0.1, 0.15) is 97.1 Å². The van der Waals surface area contributed by atoms with E-state index in [1.54, 1.807) is 33.8 Å². The van der Waals surface area contributed by atoms with Crippen molar-refractivity contribution in [1.82, 2.24) is 16.0 Å². The predicted octanol–water partition coefficient (Wildman–Crippen LogP) is 3.72. The average molecular weight is 1020 g/mol. The number of carboxylic acid groups (broad SMARTS) is 1. The molecule has 0 spiro atoms. The Kier molecular flexibility index (Phi) is 18.4. The van der Waals surface area contributed by atoms with E-state index in [4.69, 9.17) is 18.9 Å². The normalized spacial score (nSPS) is 27.8. The molecule has 0 fully saturated rings. The first-order valence-corrected chi connectivity index (χ1v) is 24.0. The molecule has 8 N–H and O–H groups in total. The Morgan fingerprint density at radius 1 is 0.889 bits per heavy atom. The van der Waals surface area contributed by atoms with Crippen LogP contribution < -0.4 is 20.7 Å². The molecule has 20 nitrogen and oxygen atoms in total. The van der Waals surface area contributed by atoms with Gasteiger partial charge in [0.05, 0.1) is 52.7 Å². The number of ether oxygens (including phenoxy) is 4. The molecule has 0 saturated heterocycles. The van der Waals surface area contributed by atoms with Crippen LogP contribution in [0.2, 0.25) is 0 Å². The lowest BCUT2D eigenvalue weighted by Crippen LogP contribution is -2.46. The fourth-order valence-corrected chi connectivity index (χ4v) is 9.64. The number of aromatic hydroxyl groups is 2. The van der Waals surface area contributed by atoms with E-state index in [1.807, 2.05) is 0 Å². The van der Waals surface area contributed by atoms with Crippen molar-refractivity contribution in [2.24, 2.45) is 23.7 Å². The Hall–Kier alpha value is -6.81. The average Bonchev–Trinajstić information content (AvgIpc) is 3.60. The van der Waals surface area contributed by atoms with Crippen LogP contribution >= 0.6 is 11.8 Å². The number of methoxy groups -OCH3 is 1. The number of allylic oxidation sites excluding steroid dienone is 4. The van der Waals surface area contributed by atoms with Gasteiger partial charge in [-0.15, -0.1) is 11.8 Å². The number of carbonyl (C=O) groups is 8. The molecule has 0 radical (unpaired) electrons. The number of esters is 1. The Labute approximate surface area is 419 Å². The quantitative estimate of drug-likeness (QED) is 0.141. The highest BCUT2D eigenvalue weighted by molar-refractivity contribution is 8.04. The van der Waals surface area contributed by atoms with Crippen LogP contribution in [0.3, 0.4) is 0 Å². The number of phenolic OH excluding ortho intramolecular Hbond substituents is 2. The van der Waals surface area contributed by atoms with Gasteiger partial charge in [-0.3, -0.25) is 33.6 Å². The molecular formula is C51H61N3O17S. The topological polar surface area (TPSA) is 311 Å². The number of aliphatic carboxylic acids is 1. The summed E-state index contributed by atoms with van der Waals surface area (Å²) < 4.78 is 23.4. The zero-order valence-electron chi connectivity index (χ0n) is 41.3. The second kappa shape index (κ2) is 23.6. The summed E-state index contributed by atoms with van der Waals surface area (Å²) in [6.07, 6.45) is 2.28. The lowest BCUT2D eigenvalue weighted by molar-refractivity contribution is -0.160. The minimum Gasteiger partial charge on any atom is -0.508 e. The summed E-state index contributed by atoms with van der Waals surface area (Å²) in [5, 5.41) is 60.9. The third-order valence-corrected chi connectivity index (χ3v) is 14.0. The number of Topliss-reactive ketones (excluding diaryl/α,β-unsaturated/α-hetero) is 3. The minimum absolute atomic E-state index is 0.0164. The highest BCUT2D eigenvalue weighted by Gasteiger charge is 2.53. The molecular weight excluding hydrogens is 959 g/mol. The van der Waals surface area contributed by atoms with Crippen LogP contribution in [-0.4, -0.2) is 128 Å². The van der Waals surface area contributed by atoms with Crippen LogP contribution in [0, 0.1) is 30.6 Å². The number of thioether (sulfide) groups is 1. The van der Waals surface area contributed by atoms with E-state index < -0.39 is 147 Å². The molecule has 3 amide bonds. The molecule has 5 bridgehead atoms. The number of nitrogens with one attached hydrogen (secondary N) is 3. The van der Waals surface area contributed by atoms with Gasteiger partial charge in [0.1, 0.15) is 35.1 Å².